The third kappa shape index (κ3) is 5.91. The van der Waals surface area contributed by atoms with Gasteiger partial charge in [0.2, 0.25) is 5.91 Å². The molecule has 19 heavy (non-hydrogen) atoms. The van der Waals surface area contributed by atoms with E-state index in [2.05, 4.69) is 10.6 Å². The summed E-state index contributed by atoms with van der Waals surface area (Å²) in [5.74, 6) is -0.531. The molecule has 1 aromatic rings. The monoisotopic (exact) mass is 296 g/mol. The summed E-state index contributed by atoms with van der Waals surface area (Å²) < 4.78 is 35.9. The van der Waals surface area contributed by atoms with E-state index in [1.807, 2.05) is 0 Å². The molecule has 8 heteroatoms. The van der Waals surface area contributed by atoms with E-state index >= 15 is 0 Å². The second kappa shape index (κ2) is 6.74. The Morgan fingerprint density at radius 3 is 2.68 bits per heavy atom. The smallest absolute Gasteiger partial charge is 0.382 e. The lowest BCUT2D eigenvalue weighted by Crippen LogP contribution is -2.41. The van der Waals surface area contributed by atoms with Crippen LogP contribution in [0.15, 0.2) is 24.3 Å². The van der Waals surface area contributed by atoms with Crippen LogP contribution in [0.25, 0.3) is 0 Å². The van der Waals surface area contributed by atoms with Gasteiger partial charge in [0, 0.05) is 17.3 Å². The number of nitrogens with one attached hydrogen (secondary N) is 2. The van der Waals surface area contributed by atoms with Crippen LogP contribution in [0.5, 0.6) is 0 Å². The average molecular weight is 297 g/mol. The number of aliphatic hydroxyl groups is 1. The predicted molar refractivity (Wildman–Crippen MR) is 65.0 cm³/mol. The molecule has 0 aromatic heterocycles. The van der Waals surface area contributed by atoms with Gasteiger partial charge in [0.1, 0.15) is 0 Å². The van der Waals surface area contributed by atoms with E-state index in [0.29, 0.717) is 10.7 Å². The van der Waals surface area contributed by atoms with Gasteiger partial charge in [-0.2, -0.15) is 13.2 Å². The Balaban J connectivity index is 2.33. The van der Waals surface area contributed by atoms with Crippen molar-refractivity contribution in [3.05, 3.63) is 29.3 Å². The molecule has 0 bridgehead atoms. The summed E-state index contributed by atoms with van der Waals surface area (Å²) in [5.41, 5.74) is 0.440. The lowest BCUT2D eigenvalue weighted by molar-refractivity contribution is -0.201. The summed E-state index contributed by atoms with van der Waals surface area (Å²) in [6.07, 6.45) is -7.19. The van der Waals surface area contributed by atoms with Crippen LogP contribution >= 0.6 is 11.6 Å². The molecule has 0 spiro atoms. The highest BCUT2D eigenvalue weighted by molar-refractivity contribution is 6.30. The Morgan fingerprint density at radius 1 is 1.42 bits per heavy atom. The number of aliphatic hydroxyl groups excluding tert-OH is 1. The highest BCUT2D eigenvalue weighted by Crippen LogP contribution is 2.19. The molecule has 0 aliphatic rings. The van der Waals surface area contributed by atoms with Crippen molar-refractivity contribution < 1.29 is 23.1 Å². The first kappa shape index (κ1) is 15.7. The van der Waals surface area contributed by atoms with E-state index in [1.54, 1.807) is 18.2 Å². The summed E-state index contributed by atoms with van der Waals surface area (Å²) in [7, 11) is 0. The van der Waals surface area contributed by atoms with Gasteiger partial charge in [-0.05, 0) is 18.2 Å². The Bertz CT molecular complexity index is 440. The van der Waals surface area contributed by atoms with Crippen molar-refractivity contribution in [1.29, 1.82) is 0 Å². The number of carbonyl (C=O) groups excluding carboxylic acids is 1. The van der Waals surface area contributed by atoms with Gasteiger partial charge in [-0.1, -0.05) is 17.7 Å². The van der Waals surface area contributed by atoms with Gasteiger partial charge in [0.25, 0.3) is 0 Å². The van der Waals surface area contributed by atoms with E-state index in [9.17, 15) is 18.0 Å². The number of anilines is 1. The average Bonchev–Trinajstić information content (AvgIpc) is 2.27. The second-order valence-corrected chi connectivity index (χ2v) is 4.18. The molecule has 0 fully saturated rings. The van der Waals surface area contributed by atoms with E-state index < -0.39 is 24.7 Å². The zero-order valence-corrected chi connectivity index (χ0v) is 10.4. The number of benzene rings is 1. The Kier molecular flexibility index (Phi) is 5.59. The van der Waals surface area contributed by atoms with Crippen molar-refractivity contribution in [2.75, 3.05) is 18.4 Å². The molecule has 1 atom stereocenters. The summed E-state index contributed by atoms with van der Waals surface area (Å²) >= 11 is 5.70. The van der Waals surface area contributed by atoms with Gasteiger partial charge < -0.3 is 15.7 Å². The van der Waals surface area contributed by atoms with E-state index in [1.165, 1.54) is 6.07 Å². The lowest BCUT2D eigenvalue weighted by atomic mass is 10.3. The summed E-state index contributed by atoms with van der Waals surface area (Å²) in [5, 5.41) is 13.8. The van der Waals surface area contributed by atoms with Crippen molar-refractivity contribution in [3.8, 4) is 0 Å². The Morgan fingerprint density at radius 2 is 2.11 bits per heavy atom. The Labute approximate surface area is 112 Å². The maximum atomic E-state index is 12.0. The predicted octanol–water partition coefficient (Wildman–Crippen LogP) is 1.79. The number of hydrogen-bond donors (Lipinski definition) is 3. The minimum atomic E-state index is -4.70. The van der Waals surface area contributed by atoms with Crippen LogP contribution < -0.4 is 10.6 Å². The van der Waals surface area contributed by atoms with Gasteiger partial charge in [0.05, 0.1) is 6.54 Å². The van der Waals surface area contributed by atoms with Crippen LogP contribution in [0.4, 0.5) is 18.9 Å². The van der Waals surface area contributed by atoms with Crippen LogP contribution in [0.3, 0.4) is 0 Å². The van der Waals surface area contributed by atoms with Crippen molar-refractivity contribution in [3.63, 3.8) is 0 Å². The number of amides is 1. The zero-order valence-electron chi connectivity index (χ0n) is 9.67. The standard InChI is InChI=1S/C11H12ClF3N2O2/c12-7-2-1-3-8(4-7)17-10(19)6-16-5-9(18)11(13,14)15/h1-4,9,16,18H,5-6H2,(H,17,19). The van der Waals surface area contributed by atoms with Gasteiger partial charge in [-0.3, -0.25) is 4.79 Å². The lowest BCUT2D eigenvalue weighted by Gasteiger charge is -2.14. The van der Waals surface area contributed by atoms with Crippen molar-refractivity contribution in [1.82, 2.24) is 5.32 Å². The quantitative estimate of drug-likeness (QED) is 0.776. The summed E-state index contributed by atoms with van der Waals surface area (Å²) in [4.78, 5) is 11.4. The first-order valence-corrected chi connectivity index (χ1v) is 5.68. The third-order valence-electron chi connectivity index (χ3n) is 2.11. The number of alkyl halides is 3. The molecular weight excluding hydrogens is 285 g/mol. The number of halogens is 4. The fourth-order valence-corrected chi connectivity index (χ4v) is 1.40. The highest BCUT2D eigenvalue weighted by atomic mass is 35.5. The van der Waals surface area contributed by atoms with Crippen LogP contribution in [0.2, 0.25) is 5.02 Å². The largest absolute Gasteiger partial charge is 0.415 e. The van der Waals surface area contributed by atoms with E-state index in [0.717, 1.165) is 0 Å². The van der Waals surface area contributed by atoms with Crippen molar-refractivity contribution in [2.45, 2.75) is 12.3 Å². The fraction of sp³-hybridized carbons (Fsp3) is 0.364. The maximum absolute atomic E-state index is 12.0. The molecule has 1 unspecified atom stereocenters. The molecule has 3 N–H and O–H groups in total. The SMILES string of the molecule is O=C(CNCC(O)C(F)(F)F)Nc1cccc(Cl)c1. The molecule has 1 rings (SSSR count). The molecule has 0 heterocycles. The maximum Gasteiger partial charge on any atom is 0.415 e. The van der Waals surface area contributed by atoms with Gasteiger partial charge >= 0.3 is 6.18 Å². The number of carbonyl (C=O) groups is 1. The molecule has 4 nitrogen and oxygen atoms in total. The van der Waals surface area contributed by atoms with Crippen LogP contribution in [0, 0.1) is 0 Å². The Hall–Kier alpha value is -1.31. The van der Waals surface area contributed by atoms with Crippen LogP contribution in [-0.4, -0.2) is 36.4 Å². The van der Waals surface area contributed by atoms with Gasteiger partial charge in [-0.25, -0.2) is 0 Å². The fourth-order valence-electron chi connectivity index (χ4n) is 1.21. The first-order chi connectivity index (χ1) is 8.79. The van der Waals surface area contributed by atoms with Gasteiger partial charge in [-0.15, -0.1) is 0 Å². The molecule has 0 saturated carbocycles. The molecule has 1 amide bonds. The molecule has 0 radical (unpaired) electrons. The number of rotatable bonds is 5. The second-order valence-electron chi connectivity index (χ2n) is 3.75. The van der Waals surface area contributed by atoms with Gasteiger partial charge in [0.15, 0.2) is 6.10 Å². The summed E-state index contributed by atoms with van der Waals surface area (Å²) in [6, 6.07) is 6.34. The summed E-state index contributed by atoms with van der Waals surface area (Å²) in [6.45, 7) is -1.09. The van der Waals surface area contributed by atoms with Crippen LogP contribution in [0.1, 0.15) is 0 Å². The third-order valence-corrected chi connectivity index (χ3v) is 2.34. The molecular formula is C11H12ClF3N2O2. The molecule has 0 aliphatic heterocycles. The van der Waals surface area contributed by atoms with E-state index in [4.69, 9.17) is 16.7 Å². The number of hydrogen-bond acceptors (Lipinski definition) is 3. The molecule has 0 aliphatic carbocycles. The minimum absolute atomic E-state index is 0.348. The van der Waals surface area contributed by atoms with E-state index in [-0.39, 0.29) is 6.54 Å². The first-order valence-electron chi connectivity index (χ1n) is 5.30. The zero-order chi connectivity index (χ0) is 14.5. The van der Waals surface area contributed by atoms with Crippen molar-refractivity contribution in [2.24, 2.45) is 0 Å². The minimum Gasteiger partial charge on any atom is -0.382 e. The van der Waals surface area contributed by atoms with Crippen molar-refractivity contribution >= 4 is 23.2 Å². The molecule has 1 aromatic carbocycles. The molecule has 106 valence electrons. The normalized spacial score (nSPS) is 13.1. The topological polar surface area (TPSA) is 61.4 Å². The molecule has 0 saturated heterocycles. The highest BCUT2D eigenvalue weighted by Gasteiger charge is 2.37. The van der Waals surface area contributed by atoms with Crippen LogP contribution in [-0.2, 0) is 4.79 Å².